The van der Waals surface area contributed by atoms with Crippen LogP contribution in [0.1, 0.15) is 51.9 Å². The van der Waals surface area contributed by atoms with Crippen LogP contribution in [-0.2, 0) is 9.59 Å². The maximum atomic E-state index is 12.1. The monoisotopic (exact) mass is 305 g/mol. The molecular weight excluding hydrogens is 278 g/mol. The summed E-state index contributed by atoms with van der Waals surface area (Å²) in [6.45, 7) is 4.10. The second-order valence-corrected chi connectivity index (χ2v) is 5.18. The van der Waals surface area contributed by atoms with Gasteiger partial charge in [0.25, 0.3) is 0 Å². The van der Waals surface area contributed by atoms with Crippen molar-refractivity contribution >= 4 is 24.2 Å². The smallest absolute Gasteiger partial charge is 0.222 e. The molecule has 0 aromatic carbocycles. The van der Waals surface area contributed by atoms with E-state index in [0.29, 0.717) is 32.4 Å². The van der Waals surface area contributed by atoms with Crippen molar-refractivity contribution in [1.29, 1.82) is 0 Å². The van der Waals surface area contributed by atoms with Gasteiger partial charge in [-0.25, -0.2) is 0 Å². The van der Waals surface area contributed by atoms with Crippen LogP contribution in [0.4, 0.5) is 0 Å². The molecular formula is C14H28ClN3O2. The predicted molar refractivity (Wildman–Crippen MR) is 82.8 cm³/mol. The first kappa shape index (κ1) is 19.2. The summed E-state index contributed by atoms with van der Waals surface area (Å²) >= 11 is 0. The first-order chi connectivity index (χ1) is 9.19. The summed E-state index contributed by atoms with van der Waals surface area (Å²) in [6.07, 6.45) is 5.70. The van der Waals surface area contributed by atoms with E-state index in [1.165, 1.54) is 0 Å². The van der Waals surface area contributed by atoms with Crippen LogP contribution in [0.25, 0.3) is 0 Å². The van der Waals surface area contributed by atoms with Crippen LogP contribution in [0.15, 0.2) is 0 Å². The average molecular weight is 306 g/mol. The molecule has 3 N–H and O–H groups in total. The second-order valence-electron chi connectivity index (χ2n) is 5.18. The molecule has 118 valence electrons. The van der Waals surface area contributed by atoms with Crippen LogP contribution in [0.2, 0.25) is 0 Å². The van der Waals surface area contributed by atoms with Gasteiger partial charge < -0.3 is 16.0 Å². The first-order valence-corrected chi connectivity index (χ1v) is 7.45. The molecule has 2 amide bonds. The molecule has 1 fully saturated rings. The van der Waals surface area contributed by atoms with E-state index in [1.807, 2.05) is 11.8 Å². The Morgan fingerprint density at radius 2 is 2.05 bits per heavy atom. The number of carbonyl (C=O) groups is 2. The van der Waals surface area contributed by atoms with Crippen molar-refractivity contribution in [2.24, 2.45) is 5.73 Å². The Bertz CT molecular complexity index is 300. The van der Waals surface area contributed by atoms with Crippen molar-refractivity contribution < 1.29 is 9.59 Å². The molecule has 1 heterocycles. The van der Waals surface area contributed by atoms with Gasteiger partial charge in [-0.1, -0.05) is 6.92 Å². The molecule has 1 aliphatic heterocycles. The molecule has 6 heteroatoms. The number of piperidine rings is 1. The van der Waals surface area contributed by atoms with E-state index in [0.717, 1.165) is 32.2 Å². The quantitative estimate of drug-likeness (QED) is 0.747. The highest BCUT2D eigenvalue weighted by molar-refractivity contribution is 5.85. The lowest BCUT2D eigenvalue weighted by Crippen LogP contribution is -2.47. The molecule has 0 spiro atoms. The minimum Gasteiger partial charge on any atom is -0.356 e. The molecule has 1 unspecified atom stereocenters. The zero-order valence-corrected chi connectivity index (χ0v) is 13.2. The summed E-state index contributed by atoms with van der Waals surface area (Å²) in [7, 11) is 0. The fraction of sp³-hybridized carbons (Fsp3) is 0.857. The van der Waals surface area contributed by atoms with E-state index in [4.69, 9.17) is 5.73 Å². The standard InChI is InChI=1S/C14H27N3O2.ClH/c1-2-9-16-13(18)7-5-8-14(19)17-10-4-3-6-12(17)11-15;/h12H,2-11,15H2,1H3,(H,16,18);1H. The predicted octanol–water partition coefficient (Wildman–Crippen LogP) is 1.44. The summed E-state index contributed by atoms with van der Waals surface area (Å²) in [5.74, 6) is 0.196. The van der Waals surface area contributed by atoms with Gasteiger partial charge in [0.15, 0.2) is 0 Å². The third-order valence-corrected chi connectivity index (χ3v) is 3.59. The average Bonchev–Trinajstić information content (AvgIpc) is 2.44. The summed E-state index contributed by atoms with van der Waals surface area (Å²) in [6, 6.07) is 0.204. The van der Waals surface area contributed by atoms with Crippen LogP contribution in [0.5, 0.6) is 0 Å². The molecule has 0 saturated carbocycles. The van der Waals surface area contributed by atoms with Gasteiger partial charge in [0.05, 0.1) is 0 Å². The van der Waals surface area contributed by atoms with Gasteiger partial charge in [0.1, 0.15) is 0 Å². The maximum absolute atomic E-state index is 12.1. The van der Waals surface area contributed by atoms with Crippen LogP contribution in [-0.4, -0.2) is 42.4 Å². The Balaban J connectivity index is 0.00000361. The molecule has 1 atom stereocenters. The molecule has 1 saturated heterocycles. The lowest BCUT2D eigenvalue weighted by atomic mass is 10.0. The largest absolute Gasteiger partial charge is 0.356 e. The number of nitrogens with zero attached hydrogens (tertiary/aromatic N) is 1. The third-order valence-electron chi connectivity index (χ3n) is 3.59. The van der Waals surface area contributed by atoms with Crippen molar-refractivity contribution in [2.75, 3.05) is 19.6 Å². The van der Waals surface area contributed by atoms with Crippen molar-refractivity contribution in [2.45, 2.75) is 57.9 Å². The van der Waals surface area contributed by atoms with Crippen LogP contribution in [0.3, 0.4) is 0 Å². The number of halogens is 1. The Morgan fingerprint density at radius 1 is 1.30 bits per heavy atom. The number of likely N-dealkylation sites (tertiary alicyclic amines) is 1. The number of hydrogen-bond acceptors (Lipinski definition) is 3. The Kier molecular flexibility index (Phi) is 10.5. The second kappa shape index (κ2) is 10.9. The van der Waals surface area contributed by atoms with E-state index in [-0.39, 0.29) is 30.3 Å². The first-order valence-electron chi connectivity index (χ1n) is 7.45. The SMILES string of the molecule is CCCNC(=O)CCCC(=O)N1CCCCC1CN.Cl. The van der Waals surface area contributed by atoms with Crippen LogP contribution < -0.4 is 11.1 Å². The molecule has 0 bridgehead atoms. The van der Waals surface area contributed by atoms with Gasteiger partial charge >= 0.3 is 0 Å². The zero-order chi connectivity index (χ0) is 14.1. The molecule has 20 heavy (non-hydrogen) atoms. The molecule has 0 aromatic rings. The minimum absolute atomic E-state index is 0. The van der Waals surface area contributed by atoms with Crippen molar-refractivity contribution in [3.05, 3.63) is 0 Å². The van der Waals surface area contributed by atoms with Crippen LogP contribution >= 0.6 is 12.4 Å². The molecule has 0 aliphatic carbocycles. The van der Waals surface area contributed by atoms with Gasteiger partial charge in [-0.2, -0.15) is 0 Å². The summed E-state index contributed by atoms with van der Waals surface area (Å²) in [4.78, 5) is 25.4. The number of rotatable bonds is 7. The van der Waals surface area contributed by atoms with E-state index in [9.17, 15) is 9.59 Å². The fourth-order valence-electron chi connectivity index (χ4n) is 2.47. The van der Waals surface area contributed by atoms with E-state index < -0.39 is 0 Å². The highest BCUT2D eigenvalue weighted by atomic mass is 35.5. The maximum Gasteiger partial charge on any atom is 0.222 e. The number of nitrogens with one attached hydrogen (secondary N) is 1. The van der Waals surface area contributed by atoms with E-state index in [2.05, 4.69) is 5.32 Å². The highest BCUT2D eigenvalue weighted by Gasteiger charge is 2.24. The Labute approximate surface area is 128 Å². The van der Waals surface area contributed by atoms with Crippen LogP contribution in [0, 0.1) is 0 Å². The Morgan fingerprint density at radius 3 is 2.70 bits per heavy atom. The van der Waals surface area contributed by atoms with Gasteiger partial charge in [0, 0.05) is 38.5 Å². The van der Waals surface area contributed by atoms with Gasteiger partial charge in [-0.3, -0.25) is 9.59 Å². The fourth-order valence-corrected chi connectivity index (χ4v) is 2.47. The number of carbonyl (C=O) groups excluding carboxylic acids is 2. The molecule has 1 aliphatic rings. The normalized spacial score (nSPS) is 18.3. The van der Waals surface area contributed by atoms with Crippen molar-refractivity contribution in [1.82, 2.24) is 10.2 Å². The van der Waals surface area contributed by atoms with Gasteiger partial charge in [-0.05, 0) is 32.1 Å². The van der Waals surface area contributed by atoms with Crippen molar-refractivity contribution in [3.8, 4) is 0 Å². The summed E-state index contributed by atoms with van der Waals surface area (Å²) in [5, 5.41) is 2.82. The summed E-state index contributed by atoms with van der Waals surface area (Å²) in [5.41, 5.74) is 5.71. The minimum atomic E-state index is 0. The lowest BCUT2D eigenvalue weighted by Gasteiger charge is -2.35. The number of nitrogens with two attached hydrogens (primary N) is 1. The summed E-state index contributed by atoms with van der Waals surface area (Å²) < 4.78 is 0. The van der Waals surface area contributed by atoms with Gasteiger partial charge in [-0.15, -0.1) is 12.4 Å². The number of hydrogen-bond donors (Lipinski definition) is 2. The zero-order valence-electron chi connectivity index (χ0n) is 12.4. The molecule has 1 rings (SSSR count). The molecule has 0 aromatic heterocycles. The van der Waals surface area contributed by atoms with E-state index in [1.54, 1.807) is 0 Å². The molecule has 0 radical (unpaired) electrons. The van der Waals surface area contributed by atoms with E-state index >= 15 is 0 Å². The van der Waals surface area contributed by atoms with Gasteiger partial charge in [0.2, 0.25) is 11.8 Å². The topological polar surface area (TPSA) is 75.4 Å². The number of amides is 2. The lowest BCUT2D eigenvalue weighted by molar-refractivity contribution is -0.134. The van der Waals surface area contributed by atoms with Crippen molar-refractivity contribution in [3.63, 3.8) is 0 Å². The highest BCUT2D eigenvalue weighted by Crippen LogP contribution is 2.17. The third kappa shape index (κ3) is 6.57. The molecule has 5 nitrogen and oxygen atoms in total. The Hall–Kier alpha value is -0.810.